The van der Waals surface area contributed by atoms with E-state index in [1.165, 1.54) is 23.3 Å². The normalized spacial score (nSPS) is 17.7. The number of benzene rings is 2. The molecule has 0 aromatic heterocycles. The Morgan fingerprint density at radius 3 is 2.35 bits per heavy atom. The van der Waals surface area contributed by atoms with Crippen LogP contribution in [-0.2, 0) is 0 Å². The van der Waals surface area contributed by atoms with Crippen molar-refractivity contribution in [2.24, 2.45) is 10.8 Å². The van der Waals surface area contributed by atoms with Crippen molar-refractivity contribution < 1.29 is 4.39 Å². The Kier molecular flexibility index (Phi) is 4.44. The van der Waals surface area contributed by atoms with E-state index in [-0.39, 0.29) is 11.9 Å². The van der Waals surface area contributed by atoms with Gasteiger partial charge in [-0.2, -0.15) is 5.10 Å². The van der Waals surface area contributed by atoms with Gasteiger partial charge in [0.25, 0.3) is 0 Å². The lowest BCUT2D eigenvalue weighted by Crippen LogP contribution is -2.18. The standard InChI is InChI=1S/C19H22FN3/c1-13(2)14-3-5-15(6-4-14)19-11-17(12-21)22-23(19)18-9-7-16(20)8-10-18/h3-10,13,19H,11-12,21H2,1-2H3. The van der Waals surface area contributed by atoms with Crippen molar-refractivity contribution >= 4 is 11.4 Å². The van der Waals surface area contributed by atoms with Crippen LogP contribution in [0.1, 0.15) is 43.4 Å². The molecule has 120 valence electrons. The largest absolute Gasteiger partial charge is 0.325 e. The SMILES string of the molecule is CC(C)c1ccc(C2CC(CN)=NN2c2ccc(F)cc2)cc1. The molecule has 0 saturated carbocycles. The van der Waals surface area contributed by atoms with Crippen molar-refractivity contribution in [3.8, 4) is 0 Å². The molecule has 2 N–H and O–H groups in total. The van der Waals surface area contributed by atoms with Crippen LogP contribution in [0.15, 0.2) is 53.6 Å². The fourth-order valence-electron chi connectivity index (χ4n) is 2.89. The van der Waals surface area contributed by atoms with Crippen LogP contribution in [0.5, 0.6) is 0 Å². The first-order chi connectivity index (χ1) is 11.1. The van der Waals surface area contributed by atoms with Gasteiger partial charge in [-0.25, -0.2) is 4.39 Å². The molecule has 3 rings (SSSR count). The maximum Gasteiger partial charge on any atom is 0.123 e. The van der Waals surface area contributed by atoms with E-state index in [9.17, 15) is 4.39 Å². The highest BCUT2D eigenvalue weighted by Crippen LogP contribution is 2.35. The summed E-state index contributed by atoms with van der Waals surface area (Å²) in [6, 6.07) is 15.2. The molecule has 23 heavy (non-hydrogen) atoms. The highest BCUT2D eigenvalue weighted by Gasteiger charge is 2.28. The Labute approximate surface area is 136 Å². The number of halogens is 1. The first-order valence-corrected chi connectivity index (χ1v) is 7.99. The minimum atomic E-state index is -0.242. The highest BCUT2D eigenvalue weighted by atomic mass is 19.1. The number of hydrazone groups is 1. The predicted molar refractivity (Wildman–Crippen MR) is 93.3 cm³/mol. The third kappa shape index (κ3) is 3.27. The molecule has 1 heterocycles. The quantitative estimate of drug-likeness (QED) is 0.918. The van der Waals surface area contributed by atoms with Crippen LogP contribution in [0.2, 0.25) is 0 Å². The first-order valence-electron chi connectivity index (χ1n) is 7.99. The minimum Gasteiger partial charge on any atom is -0.325 e. The minimum absolute atomic E-state index is 0.111. The van der Waals surface area contributed by atoms with E-state index in [1.54, 1.807) is 12.1 Å². The number of hydrogen-bond acceptors (Lipinski definition) is 3. The number of hydrogen-bond donors (Lipinski definition) is 1. The molecule has 1 unspecified atom stereocenters. The molecule has 1 aliphatic rings. The van der Waals surface area contributed by atoms with E-state index < -0.39 is 0 Å². The monoisotopic (exact) mass is 311 g/mol. The second-order valence-corrected chi connectivity index (χ2v) is 6.23. The van der Waals surface area contributed by atoms with Gasteiger partial charge in [-0.3, -0.25) is 5.01 Å². The smallest absolute Gasteiger partial charge is 0.123 e. The number of rotatable bonds is 4. The second kappa shape index (κ2) is 6.50. The van der Waals surface area contributed by atoms with Gasteiger partial charge < -0.3 is 5.73 Å². The average Bonchev–Trinajstić information content (AvgIpc) is 3.00. The van der Waals surface area contributed by atoms with Gasteiger partial charge in [0.15, 0.2) is 0 Å². The molecular weight excluding hydrogens is 289 g/mol. The first kappa shape index (κ1) is 15.7. The average molecular weight is 311 g/mol. The Morgan fingerprint density at radius 2 is 1.78 bits per heavy atom. The van der Waals surface area contributed by atoms with Crippen molar-refractivity contribution in [3.05, 3.63) is 65.5 Å². The van der Waals surface area contributed by atoms with E-state index in [4.69, 9.17) is 5.73 Å². The van der Waals surface area contributed by atoms with Gasteiger partial charge in [0.05, 0.1) is 17.4 Å². The molecule has 1 aliphatic heterocycles. The zero-order valence-electron chi connectivity index (χ0n) is 13.5. The zero-order valence-corrected chi connectivity index (χ0v) is 13.5. The van der Waals surface area contributed by atoms with Crippen LogP contribution in [0.25, 0.3) is 0 Å². The van der Waals surface area contributed by atoms with E-state index in [2.05, 4.69) is 43.2 Å². The molecule has 0 bridgehead atoms. The zero-order chi connectivity index (χ0) is 16.4. The Balaban J connectivity index is 1.92. The van der Waals surface area contributed by atoms with E-state index >= 15 is 0 Å². The van der Waals surface area contributed by atoms with E-state index in [0.29, 0.717) is 12.5 Å². The summed E-state index contributed by atoms with van der Waals surface area (Å²) in [4.78, 5) is 0. The van der Waals surface area contributed by atoms with Crippen LogP contribution in [-0.4, -0.2) is 12.3 Å². The lowest BCUT2D eigenvalue weighted by Gasteiger charge is -2.24. The maximum atomic E-state index is 13.2. The fourth-order valence-corrected chi connectivity index (χ4v) is 2.89. The topological polar surface area (TPSA) is 41.6 Å². The van der Waals surface area contributed by atoms with E-state index in [0.717, 1.165) is 17.8 Å². The summed E-state index contributed by atoms with van der Waals surface area (Å²) in [6.07, 6.45) is 0.800. The van der Waals surface area contributed by atoms with Gasteiger partial charge in [0.1, 0.15) is 5.82 Å². The molecule has 0 amide bonds. The van der Waals surface area contributed by atoms with Crippen LogP contribution in [0, 0.1) is 5.82 Å². The molecule has 0 radical (unpaired) electrons. The summed E-state index contributed by atoms with van der Waals surface area (Å²) < 4.78 is 13.2. The Hall–Kier alpha value is -2.20. The second-order valence-electron chi connectivity index (χ2n) is 6.23. The predicted octanol–water partition coefficient (Wildman–Crippen LogP) is 4.22. The Morgan fingerprint density at radius 1 is 1.13 bits per heavy atom. The van der Waals surface area contributed by atoms with Crippen LogP contribution >= 0.6 is 0 Å². The molecule has 4 heteroatoms. The fraction of sp³-hybridized carbons (Fsp3) is 0.316. The summed E-state index contributed by atoms with van der Waals surface area (Å²) in [7, 11) is 0. The third-order valence-corrected chi connectivity index (χ3v) is 4.29. The van der Waals surface area contributed by atoms with Crippen molar-refractivity contribution in [3.63, 3.8) is 0 Å². The molecular formula is C19H22FN3. The molecule has 0 fully saturated rings. The molecule has 2 aromatic carbocycles. The summed E-state index contributed by atoms with van der Waals surface area (Å²) >= 11 is 0. The number of nitrogens with zero attached hydrogens (tertiary/aromatic N) is 2. The molecule has 0 spiro atoms. The third-order valence-electron chi connectivity index (χ3n) is 4.29. The van der Waals surface area contributed by atoms with Gasteiger partial charge in [-0.15, -0.1) is 0 Å². The van der Waals surface area contributed by atoms with Gasteiger partial charge >= 0.3 is 0 Å². The molecule has 0 saturated heterocycles. The van der Waals surface area contributed by atoms with Crippen molar-refractivity contribution in [2.75, 3.05) is 11.6 Å². The maximum absolute atomic E-state index is 13.2. The van der Waals surface area contributed by atoms with Crippen molar-refractivity contribution in [1.82, 2.24) is 0 Å². The van der Waals surface area contributed by atoms with Crippen molar-refractivity contribution in [1.29, 1.82) is 0 Å². The summed E-state index contributed by atoms with van der Waals surface area (Å²) in [5.74, 6) is 0.269. The lowest BCUT2D eigenvalue weighted by molar-refractivity contribution is 0.626. The summed E-state index contributed by atoms with van der Waals surface area (Å²) in [6.45, 7) is 4.81. The molecule has 3 nitrogen and oxygen atoms in total. The van der Waals surface area contributed by atoms with Crippen LogP contribution in [0.4, 0.5) is 10.1 Å². The molecule has 0 aliphatic carbocycles. The lowest BCUT2D eigenvalue weighted by atomic mass is 9.96. The Bertz CT molecular complexity index is 690. The van der Waals surface area contributed by atoms with Gasteiger partial charge in [-0.1, -0.05) is 38.1 Å². The van der Waals surface area contributed by atoms with Crippen LogP contribution < -0.4 is 10.7 Å². The van der Waals surface area contributed by atoms with Crippen LogP contribution in [0.3, 0.4) is 0 Å². The van der Waals surface area contributed by atoms with E-state index in [1.807, 2.05) is 5.01 Å². The van der Waals surface area contributed by atoms with Crippen molar-refractivity contribution in [2.45, 2.75) is 32.2 Å². The summed E-state index contributed by atoms with van der Waals surface area (Å²) in [5, 5.41) is 6.57. The molecule has 1 atom stereocenters. The van der Waals surface area contributed by atoms with Gasteiger partial charge in [0.2, 0.25) is 0 Å². The number of anilines is 1. The van der Waals surface area contributed by atoms with Gasteiger partial charge in [0, 0.05) is 13.0 Å². The summed E-state index contributed by atoms with van der Waals surface area (Å²) in [5.41, 5.74) is 10.2. The highest BCUT2D eigenvalue weighted by molar-refractivity contribution is 5.90. The molecule has 2 aromatic rings. The number of nitrogens with two attached hydrogens (primary N) is 1. The van der Waals surface area contributed by atoms with Gasteiger partial charge in [-0.05, 0) is 41.3 Å².